The number of carbonyl (C=O) groups excluding carboxylic acids is 1. The minimum atomic E-state index is 0.00301. The van der Waals surface area contributed by atoms with Crippen LogP contribution in [-0.2, 0) is 0 Å². The van der Waals surface area contributed by atoms with Crippen LogP contribution in [0, 0.1) is 0 Å². The van der Waals surface area contributed by atoms with Gasteiger partial charge in [-0.2, -0.15) is 0 Å². The highest BCUT2D eigenvalue weighted by Crippen LogP contribution is 2.25. The summed E-state index contributed by atoms with van der Waals surface area (Å²) in [4.78, 5) is 12.0. The lowest BCUT2D eigenvalue weighted by molar-refractivity contribution is 0.0945. The summed E-state index contributed by atoms with van der Waals surface area (Å²) in [5.41, 5.74) is 1.65. The zero-order chi connectivity index (χ0) is 11.8. The van der Waals surface area contributed by atoms with Crippen molar-refractivity contribution in [3.8, 4) is 0 Å². The van der Waals surface area contributed by atoms with E-state index in [4.69, 9.17) is 0 Å². The van der Waals surface area contributed by atoms with Crippen LogP contribution in [0.1, 0.15) is 17.3 Å². The fraction of sp³-hybridized carbons (Fsp3) is 0.214. The number of benzene rings is 2. The van der Waals surface area contributed by atoms with Gasteiger partial charge in [-0.25, -0.2) is 0 Å². The summed E-state index contributed by atoms with van der Waals surface area (Å²) in [5.74, 6) is 0.00301. The van der Waals surface area contributed by atoms with Crippen molar-refractivity contribution < 1.29 is 4.79 Å². The summed E-state index contributed by atoms with van der Waals surface area (Å²) < 4.78 is 0. The normalized spacial score (nSPS) is 19.1. The predicted octanol–water partition coefficient (Wildman–Crippen LogP) is 2.38. The molecule has 1 aliphatic rings. The summed E-state index contributed by atoms with van der Waals surface area (Å²) in [6.07, 6.45) is 0. The third-order valence-corrected chi connectivity index (χ3v) is 3.11. The number of rotatable bonds is 0. The Morgan fingerprint density at radius 1 is 1.18 bits per heavy atom. The topological polar surface area (TPSA) is 41.1 Å². The van der Waals surface area contributed by atoms with Gasteiger partial charge in [-0.3, -0.25) is 4.79 Å². The van der Waals surface area contributed by atoms with Gasteiger partial charge in [-0.05, 0) is 29.8 Å². The van der Waals surface area contributed by atoms with Crippen molar-refractivity contribution in [2.75, 3.05) is 11.9 Å². The highest BCUT2D eigenvalue weighted by Gasteiger charge is 2.18. The zero-order valence-electron chi connectivity index (χ0n) is 9.66. The second-order valence-corrected chi connectivity index (χ2v) is 4.50. The van der Waals surface area contributed by atoms with Gasteiger partial charge in [-0.1, -0.05) is 24.3 Å². The van der Waals surface area contributed by atoms with Crippen molar-refractivity contribution >= 4 is 22.4 Å². The van der Waals surface area contributed by atoms with E-state index in [1.54, 1.807) is 0 Å². The summed E-state index contributed by atoms with van der Waals surface area (Å²) in [7, 11) is 0. The van der Waals surface area contributed by atoms with Gasteiger partial charge in [-0.15, -0.1) is 0 Å². The van der Waals surface area contributed by atoms with E-state index >= 15 is 0 Å². The lowest BCUT2D eigenvalue weighted by Gasteiger charge is -2.08. The van der Waals surface area contributed by atoms with Gasteiger partial charge < -0.3 is 10.6 Å². The summed E-state index contributed by atoms with van der Waals surface area (Å²) in [6.45, 7) is 2.76. The smallest absolute Gasteiger partial charge is 0.253 e. The number of hydrogen-bond donors (Lipinski definition) is 2. The average Bonchev–Trinajstić information content (AvgIpc) is 2.47. The first-order valence-electron chi connectivity index (χ1n) is 5.81. The molecule has 86 valence electrons. The number of amides is 1. The molecule has 1 amide bonds. The summed E-state index contributed by atoms with van der Waals surface area (Å²) >= 11 is 0. The second kappa shape index (κ2) is 3.77. The molecule has 2 aromatic rings. The first-order chi connectivity index (χ1) is 8.24. The first-order valence-corrected chi connectivity index (χ1v) is 5.81. The largest absolute Gasteiger partial charge is 0.382 e. The van der Waals surface area contributed by atoms with Crippen molar-refractivity contribution in [3.63, 3.8) is 0 Å². The summed E-state index contributed by atoms with van der Waals surface area (Å²) in [6, 6.07) is 12.2. The van der Waals surface area contributed by atoms with Gasteiger partial charge in [0.05, 0.1) is 5.56 Å². The Kier molecular flexibility index (Phi) is 2.25. The molecule has 1 aliphatic heterocycles. The molecule has 0 radical (unpaired) electrons. The van der Waals surface area contributed by atoms with Crippen molar-refractivity contribution in [3.05, 3.63) is 42.0 Å². The Labute approximate surface area is 99.8 Å². The van der Waals surface area contributed by atoms with Crippen LogP contribution in [0.4, 0.5) is 5.69 Å². The Hall–Kier alpha value is -2.03. The minimum absolute atomic E-state index is 0.00301. The molecule has 1 atom stereocenters. The minimum Gasteiger partial charge on any atom is -0.382 e. The molecule has 0 aromatic heterocycles. The Balaban J connectivity index is 2.20. The molecule has 0 spiro atoms. The van der Waals surface area contributed by atoms with Gasteiger partial charge in [0.1, 0.15) is 0 Å². The van der Waals surface area contributed by atoms with Gasteiger partial charge in [0.25, 0.3) is 5.91 Å². The highest BCUT2D eigenvalue weighted by molar-refractivity contribution is 6.05. The molecule has 0 bridgehead atoms. The monoisotopic (exact) mass is 226 g/mol. The van der Waals surface area contributed by atoms with Gasteiger partial charge in [0.2, 0.25) is 0 Å². The SMILES string of the molecule is CC1CNc2cc3ccccc3cc2C(=O)N1. The van der Waals surface area contributed by atoms with E-state index in [0.29, 0.717) is 0 Å². The Morgan fingerprint density at radius 2 is 1.88 bits per heavy atom. The van der Waals surface area contributed by atoms with Crippen LogP contribution < -0.4 is 10.6 Å². The van der Waals surface area contributed by atoms with Crippen molar-refractivity contribution in [1.29, 1.82) is 0 Å². The van der Waals surface area contributed by atoms with Crippen molar-refractivity contribution in [2.45, 2.75) is 13.0 Å². The van der Waals surface area contributed by atoms with Crippen LogP contribution in [0.15, 0.2) is 36.4 Å². The molecule has 0 aliphatic carbocycles. The summed E-state index contributed by atoms with van der Waals surface area (Å²) in [5, 5.41) is 8.52. The molecule has 3 heteroatoms. The highest BCUT2D eigenvalue weighted by atomic mass is 16.1. The second-order valence-electron chi connectivity index (χ2n) is 4.50. The molecule has 17 heavy (non-hydrogen) atoms. The van der Waals surface area contributed by atoms with Crippen molar-refractivity contribution in [2.24, 2.45) is 0 Å². The van der Waals surface area contributed by atoms with E-state index < -0.39 is 0 Å². The molecule has 0 fully saturated rings. The van der Waals surface area contributed by atoms with E-state index in [0.717, 1.165) is 28.6 Å². The van der Waals surface area contributed by atoms with E-state index in [2.05, 4.69) is 16.7 Å². The van der Waals surface area contributed by atoms with Crippen LogP contribution in [0.3, 0.4) is 0 Å². The lowest BCUT2D eigenvalue weighted by atomic mass is 10.0. The van der Waals surface area contributed by atoms with Crippen molar-refractivity contribution in [1.82, 2.24) is 5.32 Å². The third-order valence-electron chi connectivity index (χ3n) is 3.11. The molecule has 0 saturated carbocycles. The van der Waals surface area contributed by atoms with E-state index in [1.807, 2.05) is 37.3 Å². The standard InChI is InChI=1S/C14H14N2O/c1-9-8-15-13-7-11-5-3-2-4-10(11)6-12(13)14(17)16-9/h2-7,9,15H,8H2,1H3,(H,16,17). The fourth-order valence-electron chi connectivity index (χ4n) is 2.19. The molecule has 1 heterocycles. The molecule has 0 saturated heterocycles. The number of anilines is 1. The van der Waals surface area contributed by atoms with Gasteiger partial charge >= 0.3 is 0 Å². The molecular formula is C14H14N2O. The number of hydrogen-bond acceptors (Lipinski definition) is 2. The quantitative estimate of drug-likeness (QED) is 0.724. The fourth-order valence-corrected chi connectivity index (χ4v) is 2.19. The van der Waals surface area contributed by atoms with Gasteiger partial charge in [0.15, 0.2) is 0 Å². The lowest BCUT2D eigenvalue weighted by Crippen LogP contribution is -2.34. The van der Waals surface area contributed by atoms with Crippen LogP contribution in [0.2, 0.25) is 0 Å². The van der Waals surface area contributed by atoms with Gasteiger partial charge in [0, 0.05) is 18.3 Å². The first kappa shape index (κ1) is 10.1. The molecule has 3 rings (SSSR count). The number of carbonyl (C=O) groups is 1. The number of nitrogens with one attached hydrogen (secondary N) is 2. The van der Waals surface area contributed by atoms with Crippen LogP contribution in [-0.4, -0.2) is 18.5 Å². The number of fused-ring (bicyclic) bond motifs is 2. The molecule has 2 N–H and O–H groups in total. The third kappa shape index (κ3) is 1.73. The molecule has 2 aromatic carbocycles. The predicted molar refractivity (Wildman–Crippen MR) is 69.4 cm³/mol. The van der Waals surface area contributed by atoms with E-state index in [-0.39, 0.29) is 11.9 Å². The molecule has 3 nitrogen and oxygen atoms in total. The van der Waals surface area contributed by atoms with Crippen LogP contribution >= 0.6 is 0 Å². The maximum Gasteiger partial charge on any atom is 0.253 e. The Morgan fingerprint density at radius 3 is 2.65 bits per heavy atom. The maximum absolute atomic E-state index is 12.0. The maximum atomic E-state index is 12.0. The molecule has 1 unspecified atom stereocenters. The average molecular weight is 226 g/mol. The van der Waals surface area contributed by atoms with E-state index in [1.165, 1.54) is 0 Å². The Bertz CT molecular complexity index is 592. The van der Waals surface area contributed by atoms with Crippen LogP contribution in [0.25, 0.3) is 10.8 Å². The zero-order valence-corrected chi connectivity index (χ0v) is 9.66. The van der Waals surface area contributed by atoms with E-state index in [9.17, 15) is 4.79 Å². The van der Waals surface area contributed by atoms with Crippen LogP contribution in [0.5, 0.6) is 0 Å². The molecular weight excluding hydrogens is 212 g/mol.